The fourth-order valence-electron chi connectivity index (χ4n) is 2.27. The van der Waals surface area contributed by atoms with E-state index in [1.807, 2.05) is 6.07 Å². The molecular formula is C13H19N2O. The molecule has 0 unspecified atom stereocenters. The maximum absolute atomic E-state index is 5.16. The van der Waals surface area contributed by atoms with Crippen molar-refractivity contribution in [2.45, 2.75) is 32.1 Å². The third-order valence-corrected chi connectivity index (χ3v) is 3.22. The van der Waals surface area contributed by atoms with Gasteiger partial charge in [-0.05, 0) is 44.0 Å². The molecule has 0 spiro atoms. The first-order chi connectivity index (χ1) is 7.85. The second-order valence-corrected chi connectivity index (χ2v) is 4.20. The molecule has 0 amide bonds. The first-order valence-electron chi connectivity index (χ1n) is 6.01. The number of hydrogen-bond donors (Lipinski definition) is 1. The van der Waals surface area contributed by atoms with Gasteiger partial charge in [0.05, 0.1) is 12.8 Å². The number of aryl methyl sites for hydroxylation is 1. The predicted molar refractivity (Wildman–Crippen MR) is 63.8 cm³/mol. The molecule has 3 heteroatoms. The molecule has 1 fully saturated rings. The maximum atomic E-state index is 5.16. The zero-order valence-electron chi connectivity index (χ0n) is 10.0. The normalized spacial score (nSPS) is 17.4. The zero-order chi connectivity index (χ0) is 11.4. The van der Waals surface area contributed by atoms with Crippen LogP contribution < -0.4 is 10.1 Å². The lowest BCUT2D eigenvalue weighted by molar-refractivity contribution is 0.388. The molecule has 1 aliphatic heterocycles. The summed E-state index contributed by atoms with van der Waals surface area (Å²) in [5.41, 5.74) is 2.53. The Labute approximate surface area is 97.2 Å². The van der Waals surface area contributed by atoms with Gasteiger partial charge in [-0.15, -0.1) is 0 Å². The quantitative estimate of drug-likeness (QED) is 0.843. The van der Waals surface area contributed by atoms with Gasteiger partial charge in [-0.25, -0.2) is 4.98 Å². The summed E-state index contributed by atoms with van der Waals surface area (Å²) in [6.45, 7) is 4.36. The molecule has 1 aliphatic rings. The van der Waals surface area contributed by atoms with Gasteiger partial charge in [0, 0.05) is 12.0 Å². The minimum Gasteiger partial charge on any atom is -0.481 e. The van der Waals surface area contributed by atoms with E-state index in [0.717, 1.165) is 19.5 Å². The molecule has 1 radical (unpaired) electrons. The molecule has 1 N–H and O–H groups in total. The van der Waals surface area contributed by atoms with Gasteiger partial charge in [0.15, 0.2) is 0 Å². The Balaban J connectivity index is 2.27. The first-order valence-corrected chi connectivity index (χ1v) is 6.01. The van der Waals surface area contributed by atoms with Crippen molar-refractivity contribution in [2.24, 2.45) is 0 Å². The SMILES string of the molecule is CCc1c[c]c(OC)nc1C1CCNCC1. The van der Waals surface area contributed by atoms with Gasteiger partial charge in [-0.3, -0.25) is 0 Å². The minimum atomic E-state index is 0.583. The fourth-order valence-corrected chi connectivity index (χ4v) is 2.27. The second kappa shape index (κ2) is 5.30. The monoisotopic (exact) mass is 219 g/mol. The molecule has 0 atom stereocenters. The smallest absolute Gasteiger partial charge is 0.221 e. The Morgan fingerprint density at radius 2 is 2.25 bits per heavy atom. The van der Waals surface area contributed by atoms with Crippen LogP contribution in [0.2, 0.25) is 0 Å². The Hall–Kier alpha value is -1.09. The summed E-state index contributed by atoms with van der Waals surface area (Å²) in [4.78, 5) is 4.58. The van der Waals surface area contributed by atoms with E-state index in [9.17, 15) is 0 Å². The Kier molecular flexibility index (Phi) is 3.78. The van der Waals surface area contributed by atoms with Crippen molar-refractivity contribution in [2.75, 3.05) is 20.2 Å². The van der Waals surface area contributed by atoms with E-state index in [-0.39, 0.29) is 0 Å². The zero-order valence-corrected chi connectivity index (χ0v) is 10.0. The summed E-state index contributed by atoms with van der Waals surface area (Å²) >= 11 is 0. The van der Waals surface area contributed by atoms with E-state index < -0.39 is 0 Å². The summed E-state index contributed by atoms with van der Waals surface area (Å²) in [5, 5.41) is 3.38. The number of rotatable bonds is 3. The Bertz CT molecular complexity index is 346. The minimum absolute atomic E-state index is 0.583. The van der Waals surface area contributed by atoms with Gasteiger partial charge in [0.25, 0.3) is 0 Å². The first kappa shape index (κ1) is 11.4. The van der Waals surface area contributed by atoms with Crippen molar-refractivity contribution in [3.8, 4) is 5.88 Å². The van der Waals surface area contributed by atoms with Gasteiger partial charge >= 0.3 is 0 Å². The number of nitrogens with one attached hydrogen (secondary N) is 1. The molecule has 2 rings (SSSR count). The number of ether oxygens (including phenoxy) is 1. The molecule has 0 bridgehead atoms. The highest BCUT2D eigenvalue weighted by Gasteiger charge is 2.19. The lowest BCUT2D eigenvalue weighted by Gasteiger charge is -2.24. The van der Waals surface area contributed by atoms with Crippen LogP contribution in [0.4, 0.5) is 0 Å². The fraction of sp³-hybridized carbons (Fsp3) is 0.615. The summed E-state index contributed by atoms with van der Waals surface area (Å²) in [7, 11) is 1.65. The van der Waals surface area contributed by atoms with Crippen molar-refractivity contribution >= 4 is 0 Å². The average Bonchev–Trinajstić information content (AvgIpc) is 2.39. The largest absolute Gasteiger partial charge is 0.481 e. The Morgan fingerprint density at radius 1 is 1.50 bits per heavy atom. The highest BCUT2D eigenvalue weighted by molar-refractivity contribution is 5.28. The van der Waals surface area contributed by atoms with Crippen LogP contribution in [0.15, 0.2) is 6.07 Å². The van der Waals surface area contributed by atoms with Crippen molar-refractivity contribution in [1.29, 1.82) is 0 Å². The molecule has 1 saturated heterocycles. The third-order valence-electron chi connectivity index (χ3n) is 3.22. The summed E-state index contributed by atoms with van der Waals surface area (Å²) in [6, 6.07) is 5.10. The lowest BCUT2D eigenvalue weighted by Crippen LogP contribution is -2.27. The number of aromatic nitrogens is 1. The molecule has 0 aromatic carbocycles. The van der Waals surface area contributed by atoms with Crippen LogP contribution in [0.3, 0.4) is 0 Å². The third kappa shape index (κ3) is 2.35. The van der Waals surface area contributed by atoms with E-state index in [1.165, 1.54) is 24.1 Å². The van der Waals surface area contributed by atoms with Crippen molar-refractivity contribution < 1.29 is 4.74 Å². The average molecular weight is 219 g/mol. The van der Waals surface area contributed by atoms with Gasteiger partial charge in [0.1, 0.15) is 0 Å². The van der Waals surface area contributed by atoms with Crippen molar-refractivity contribution in [1.82, 2.24) is 10.3 Å². The molecule has 1 aromatic heterocycles. The number of pyridine rings is 1. The molecule has 3 nitrogen and oxygen atoms in total. The molecule has 1 aromatic rings. The van der Waals surface area contributed by atoms with Gasteiger partial charge in [0.2, 0.25) is 5.88 Å². The lowest BCUT2D eigenvalue weighted by atomic mass is 9.90. The van der Waals surface area contributed by atoms with Crippen molar-refractivity contribution in [3.05, 3.63) is 23.4 Å². The highest BCUT2D eigenvalue weighted by Crippen LogP contribution is 2.28. The topological polar surface area (TPSA) is 34.1 Å². The van der Waals surface area contributed by atoms with Crippen LogP contribution in [0.25, 0.3) is 0 Å². The summed E-state index contributed by atoms with van der Waals surface area (Å²) in [6.07, 6.45) is 3.37. The molecule has 0 aliphatic carbocycles. The number of nitrogens with zero attached hydrogens (tertiary/aromatic N) is 1. The van der Waals surface area contributed by atoms with Crippen LogP contribution in [0.1, 0.15) is 36.9 Å². The van der Waals surface area contributed by atoms with Crippen LogP contribution in [0.5, 0.6) is 5.88 Å². The van der Waals surface area contributed by atoms with Crippen LogP contribution in [-0.2, 0) is 6.42 Å². The molecule has 16 heavy (non-hydrogen) atoms. The van der Waals surface area contributed by atoms with E-state index in [0.29, 0.717) is 11.8 Å². The standard InChI is InChI=1S/C13H19N2O/c1-3-10-4-5-12(16-2)15-13(10)11-6-8-14-9-7-11/h4,11,14H,3,6-9H2,1-2H3. The number of hydrogen-bond acceptors (Lipinski definition) is 3. The van der Waals surface area contributed by atoms with Gasteiger partial charge in [-0.1, -0.05) is 6.92 Å². The van der Waals surface area contributed by atoms with Gasteiger partial charge < -0.3 is 10.1 Å². The van der Waals surface area contributed by atoms with E-state index in [4.69, 9.17) is 4.74 Å². The maximum Gasteiger partial charge on any atom is 0.221 e. The second-order valence-electron chi connectivity index (χ2n) is 4.20. The van der Waals surface area contributed by atoms with Crippen LogP contribution >= 0.6 is 0 Å². The number of methoxy groups -OCH3 is 1. The number of piperidine rings is 1. The summed E-state index contributed by atoms with van der Waals surface area (Å²) < 4.78 is 5.16. The van der Waals surface area contributed by atoms with Gasteiger partial charge in [-0.2, -0.15) is 0 Å². The van der Waals surface area contributed by atoms with E-state index in [1.54, 1.807) is 7.11 Å². The molecule has 0 saturated carbocycles. The molecule has 87 valence electrons. The highest BCUT2D eigenvalue weighted by atomic mass is 16.5. The summed E-state index contributed by atoms with van der Waals surface area (Å²) in [5.74, 6) is 1.20. The predicted octanol–water partition coefficient (Wildman–Crippen LogP) is 1.92. The van der Waals surface area contributed by atoms with Crippen LogP contribution in [-0.4, -0.2) is 25.2 Å². The van der Waals surface area contributed by atoms with E-state index >= 15 is 0 Å². The van der Waals surface area contributed by atoms with E-state index in [2.05, 4.69) is 23.3 Å². The van der Waals surface area contributed by atoms with Crippen molar-refractivity contribution in [3.63, 3.8) is 0 Å². The molecule has 2 heterocycles. The molecular weight excluding hydrogens is 200 g/mol. The van der Waals surface area contributed by atoms with Crippen LogP contribution in [0, 0.1) is 6.07 Å². The Morgan fingerprint density at radius 3 is 2.88 bits per heavy atom.